The minimum Gasteiger partial charge on any atom is -0.481 e. The molecule has 0 radical (unpaired) electrons. The highest BCUT2D eigenvalue weighted by molar-refractivity contribution is 5.94. The predicted molar refractivity (Wildman–Crippen MR) is 163 cm³/mol. The van der Waals surface area contributed by atoms with E-state index in [0.717, 1.165) is 49.9 Å². The van der Waals surface area contributed by atoms with Crippen molar-refractivity contribution in [2.24, 2.45) is 0 Å². The Bertz CT molecular complexity index is 1570. The number of hydrogen-bond acceptors (Lipinski definition) is 7. The van der Waals surface area contributed by atoms with Gasteiger partial charge in [-0.25, -0.2) is 0 Å². The third-order valence-electron chi connectivity index (χ3n) is 7.71. The number of benzene rings is 2. The van der Waals surface area contributed by atoms with Gasteiger partial charge in [-0.2, -0.15) is 0 Å². The van der Waals surface area contributed by atoms with Crippen molar-refractivity contribution in [3.8, 4) is 11.1 Å². The number of aromatic nitrogens is 2. The van der Waals surface area contributed by atoms with Crippen LogP contribution in [0.15, 0.2) is 91.5 Å². The van der Waals surface area contributed by atoms with E-state index in [9.17, 15) is 24.8 Å². The molecule has 2 aromatic heterocycles. The highest BCUT2D eigenvalue weighted by Gasteiger charge is 2.29. The van der Waals surface area contributed by atoms with E-state index in [2.05, 4.69) is 14.9 Å². The molecule has 10 nitrogen and oxygen atoms in total. The number of carbonyl (C=O) groups is 2. The minimum atomic E-state index is -1.05. The van der Waals surface area contributed by atoms with Gasteiger partial charge < -0.3 is 14.9 Å². The molecule has 1 N–H and O–H groups in total. The molecule has 1 aliphatic rings. The molecule has 5 rings (SSSR count). The van der Waals surface area contributed by atoms with Crippen LogP contribution in [0.25, 0.3) is 11.1 Å². The van der Waals surface area contributed by atoms with Crippen LogP contribution in [0.1, 0.15) is 59.6 Å². The standard InChI is InChI=1S/C33H33N5O5/c39-32(40)20-30(27-10-6-14-34-21-27)37(33(41)28-11-7-15-35-22-28)23-24-8-5-9-25(18-24)26-12-13-29(31(19-26)38(42)43)36-16-3-1-2-4-17-36/h5-15,18-19,21-22,30H,1-4,16-17,20,23H2,(H,39,40). The minimum absolute atomic E-state index is 0.0660. The number of nitro benzene ring substituents is 1. The number of rotatable bonds is 10. The van der Waals surface area contributed by atoms with Gasteiger partial charge in [0.2, 0.25) is 0 Å². The second-order valence-corrected chi connectivity index (χ2v) is 10.6. The maximum atomic E-state index is 13.8. The van der Waals surface area contributed by atoms with Gasteiger partial charge in [-0.3, -0.25) is 29.7 Å². The number of amides is 1. The molecule has 1 fully saturated rings. The number of anilines is 1. The van der Waals surface area contributed by atoms with E-state index in [-0.39, 0.29) is 29.5 Å². The van der Waals surface area contributed by atoms with E-state index in [0.29, 0.717) is 22.4 Å². The lowest BCUT2D eigenvalue weighted by molar-refractivity contribution is -0.384. The van der Waals surface area contributed by atoms with Gasteiger partial charge >= 0.3 is 5.97 Å². The lowest BCUT2D eigenvalue weighted by atomic mass is 9.99. The summed E-state index contributed by atoms with van der Waals surface area (Å²) in [5, 5.41) is 21.9. The summed E-state index contributed by atoms with van der Waals surface area (Å²) in [6.07, 6.45) is 10.1. The Morgan fingerprint density at radius 1 is 0.907 bits per heavy atom. The van der Waals surface area contributed by atoms with Crippen molar-refractivity contribution >= 4 is 23.3 Å². The summed E-state index contributed by atoms with van der Waals surface area (Å²) < 4.78 is 0. The fourth-order valence-electron chi connectivity index (χ4n) is 5.60. The van der Waals surface area contributed by atoms with Crippen molar-refractivity contribution in [1.29, 1.82) is 0 Å². The average molecular weight is 580 g/mol. The number of carboxylic acid groups (broad SMARTS) is 1. The molecule has 220 valence electrons. The van der Waals surface area contributed by atoms with Crippen molar-refractivity contribution in [3.05, 3.63) is 118 Å². The van der Waals surface area contributed by atoms with Crippen LogP contribution >= 0.6 is 0 Å². The van der Waals surface area contributed by atoms with Crippen molar-refractivity contribution in [2.45, 2.75) is 44.7 Å². The molecular weight excluding hydrogens is 546 g/mol. The normalized spacial score (nSPS) is 14.0. The average Bonchev–Trinajstić information content (AvgIpc) is 3.33. The Morgan fingerprint density at radius 2 is 1.63 bits per heavy atom. The van der Waals surface area contributed by atoms with Crippen LogP contribution in [0.4, 0.5) is 11.4 Å². The molecule has 0 bridgehead atoms. The number of aliphatic carboxylic acids is 1. The predicted octanol–water partition coefficient (Wildman–Crippen LogP) is 6.29. The summed E-state index contributed by atoms with van der Waals surface area (Å²) in [4.78, 5) is 49.4. The summed E-state index contributed by atoms with van der Waals surface area (Å²) in [6, 6.07) is 18.8. The van der Waals surface area contributed by atoms with Crippen LogP contribution in [0.2, 0.25) is 0 Å². The third-order valence-corrected chi connectivity index (χ3v) is 7.71. The lowest BCUT2D eigenvalue weighted by Gasteiger charge is -2.31. The van der Waals surface area contributed by atoms with Gasteiger partial charge in [-0.1, -0.05) is 43.2 Å². The molecule has 1 saturated heterocycles. The highest BCUT2D eigenvalue weighted by atomic mass is 16.6. The van der Waals surface area contributed by atoms with E-state index >= 15 is 0 Å². The maximum absolute atomic E-state index is 13.8. The Labute approximate surface area is 249 Å². The molecule has 0 aliphatic carbocycles. The number of hydrogen-bond donors (Lipinski definition) is 1. The smallest absolute Gasteiger partial charge is 0.305 e. The highest BCUT2D eigenvalue weighted by Crippen LogP contribution is 2.35. The molecule has 0 spiro atoms. The van der Waals surface area contributed by atoms with E-state index in [4.69, 9.17) is 0 Å². The van der Waals surface area contributed by atoms with Gasteiger partial charge in [0.05, 0.1) is 22.9 Å². The zero-order valence-corrected chi connectivity index (χ0v) is 23.7. The molecule has 1 aliphatic heterocycles. The maximum Gasteiger partial charge on any atom is 0.305 e. The van der Waals surface area contributed by atoms with Crippen LogP contribution in [-0.4, -0.2) is 49.9 Å². The fraction of sp³-hybridized carbons (Fsp3) is 0.273. The summed E-state index contributed by atoms with van der Waals surface area (Å²) in [6.45, 7) is 1.69. The topological polar surface area (TPSA) is 130 Å². The first kappa shape index (κ1) is 29.4. The summed E-state index contributed by atoms with van der Waals surface area (Å²) in [5.41, 5.74) is 3.81. The quantitative estimate of drug-likeness (QED) is 0.171. The van der Waals surface area contributed by atoms with Crippen molar-refractivity contribution < 1.29 is 19.6 Å². The van der Waals surface area contributed by atoms with E-state index in [1.807, 2.05) is 36.4 Å². The van der Waals surface area contributed by atoms with Crippen LogP contribution < -0.4 is 4.90 Å². The van der Waals surface area contributed by atoms with Gasteiger partial charge in [0.1, 0.15) is 5.69 Å². The Balaban J connectivity index is 1.50. The monoisotopic (exact) mass is 579 g/mol. The number of nitrogens with zero attached hydrogens (tertiary/aromatic N) is 5. The van der Waals surface area contributed by atoms with Gasteiger partial charge in [0.25, 0.3) is 11.6 Å². The Kier molecular flexibility index (Phi) is 9.36. The van der Waals surface area contributed by atoms with Gasteiger partial charge in [-0.15, -0.1) is 0 Å². The van der Waals surface area contributed by atoms with Crippen LogP contribution in [0, 0.1) is 10.1 Å². The van der Waals surface area contributed by atoms with Crippen molar-refractivity contribution in [3.63, 3.8) is 0 Å². The number of carbonyl (C=O) groups excluding carboxylic acids is 1. The fourth-order valence-corrected chi connectivity index (χ4v) is 5.60. The molecule has 1 amide bonds. The van der Waals surface area contributed by atoms with E-state index in [1.54, 1.807) is 48.9 Å². The molecule has 1 unspecified atom stereocenters. The van der Waals surface area contributed by atoms with Gasteiger partial charge in [0, 0.05) is 50.5 Å². The zero-order chi connectivity index (χ0) is 30.2. The SMILES string of the molecule is O=C(O)CC(c1cccnc1)N(Cc1cccc(-c2ccc(N3CCCCCC3)c([N+](=O)[O-])c2)c1)C(=O)c1cccnc1. The first-order valence-electron chi connectivity index (χ1n) is 14.4. The third kappa shape index (κ3) is 7.21. The van der Waals surface area contributed by atoms with E-state index in [1.165, 1.54) is 11.1 Å². The molecular formula is C33H33N5O5. The first-order valence-corrected chi connectivity index (χ1v) is 14.4. The van der Waals surface area contributed by atoms with Crippen LogP contribution in [0.3, 0.4) is 0 Å². The van der Waals surface area contributed by atoms with Crippen LogP contribution in [-0.2, 0) is 11.3 Å². The number of pyridine rings is 2. The molecule has 4 aromatic rings. The van der Waals surface area contributed by atoms with Crippen molar-refractivity contribution in [1.82, 2.24) is 14.9 Å². The summed E-state index contributed by atoms with van der Waals surface area (Å²) in [5.74, 6) is -1.42. The number of nitro groups is 1. The summed E-state index contributed by atoms with van der Waals surface area (Å²) >= 11 is 0. The largest absolute Gasteiger partial charge is 0.481 e. The number of carboxylic acids is 1. The van der Waals surface area contributed by atoms with Gasteiger partial charge in [0.15, 0.2) is 0 Å². The molecule has 10 heteroatoms. The molecule has 3 heterocycles. The van der Waals surface area contributed by atoms with Crippen molar-refractivity contribution in [2.75, 3.05) is 18.0 Å². The molecule has 1 atom stereocenters. The lowest BCUT2D eigenvalue weighted by Crippen LogP contribution is -2.36. The molecule has 0 saturated carbocycles. The zero-order valence-electron chi connectivity index (χ0n) is 23.7. The molecule has 2 aromatic carbocycles. The van der Waals surface area contributed by atoms with Crippen LogP contribution in [0.5, 0.6) is 0 Å². The Hall–Kier alpha value is -5.12. The second-order valence-electron chi connectivity index (χ2n) is 10.6. The first-order chi connectivity index (χ1) is 20.9. The second kappa shape index (κ2) is 13.7. The Morgan fingerprint density at radius 3 is 2.28 bits per heavy atom. The molecule has 43 heavy (non-hydrogen) atoms. The summed E-state index contributed by atoms with van der Waals surface area (Å²) in [7, 11) is 0. The van der Waals surface area contributed by atoms with E-state index < -0.39 is 12.0 Å². The van der Waals surface area contributed by atoms with Gasteiger partial charge in [-0.05, 0) is 65.4 Å².